The summed E-state index contributed by atoms with van der Waals surface area (Å²) in [5.41, 5.74) is 0.999. The van der Waals surface area contributed by atoms with Crippen molar-refractivity contribution in [1.29, 1.82) is 0 Å². The highest BCUT2D eigenvalue weighted by atomic mass is 32.2. The summed E-state index contributed by atoms with van der Waals surface area (Å²) in [4.78, 5) is 14.9. The Bertz CT molecular complexity index is 888. The van der Waals surface area contributed by atoms with E-state index in [-0.39, 0.29) is 17.3 Å². The first-order valence-electron chi connectivity index (χ1n) is 8.59. The number of nitrogens with one attached hydrogen (secondary N) is 1. The molecule has 8 nitrogen and oxygen atoms in total. The van der Waals surface area contributed by atoms with Crippen molar-refractivity contribution in [3.05, 3.63) is 47.9 Å². The number of benzene rings is 1. The van der Waals surface area contributed by atoms with Crippen molar-refractivity contribution >= 4 is 21.6 Å². The minimum Gasteiger partial charge on any atom is -0.467 e. The van der Waals surface area contributed by atoms with Crippen molar-refractivity contribution in [2.45, 2.75) is 11.4 Å². The number of rotatable bonds is 6. The molecule has 0 atom stereocenters. The molecule has 1 saturated heterocycles. The Morgan fingerprint density at radius 3 is 2.59 bits per heavy atom. The second kappa shape index (κ2) is 8.12. The average Bonchev–Trinajstić information content (AvgIpc) is 3.20. The number of nitrogens with zero attached hydrogens (tertiary/aromatic N) is 2. The molecule has 0 bridgehead atoms. The number of carbonyl (C=O) groups is 1. The van der Waals surface area contributed by atoms with Crippen LogP contribution in [0.1, 0.15) is 16.1 Å². The highest BCUT2D eigenvalue weighted by molar-refractivity contribution is 7.89. The van der Waals surface area contributed by atoms with Crippen molar-refractivity contribution in [1.82, 2.24) is 9.62 Å². The summed E-state index contributed by atoms with van der Waals surface area (Å²) in [5.74, 6) is 0.261. The predicted octanol–water partition coefficient (Wildman–Crippen LogP) is 1.30. The molecule has 1 fully saturated rings. The molecule has 0 unspecified atom stereocenters. The summed E-state index contributed by atoms with van der Waals surface area (Å²) >= 11 is 0. The van der Waals surface area contributed by atoms with E-state index in [1.54, 1.807) is 18.2 Å². The second-order valence-electron chi connectivity index (χ2n) is 6.33. The third-order valence-corrected chi connectivity index (χ3v) is 6.16. The molecule has 146 valence electrons. The van der Waals surface area contributed by atoms with E-state index in [2.05, 4.69) is 5.32 Å². The zero-order valence-electron chi connectivity index (χ0n) is 15.3. The smallest absolute Gasteiger partial charge is 0.253 e. The van der Waals surface area contributed by atoms with Gasteiger partial charge >= 0.3 is 0 Å². The maximum absolute atomic E-state index is 12.8. The molecule has 0 spiro atoms. The quantitative estimate of drug-likeness (QED) is 0.795. The molecule has 1 aliphatic rings. The van der Waals surface area contributed by atoms with Gasteiger partial charge in [0.15, 0.2) is 0 Å². The predicted molar refractivity (Wildman–Crippen MR) is 100 cm³/mol. The number of hydrogen-bond acceptors (Lipinski definition) is 6. The fraction of sp³-hybridized carbons (Fsp3) is 0.389. The fourth-order valence-electron chi connectivity index (χ4n) is 2.82. The molecule has 27 heavy (non-hydrogen) atoms. The van der Waals surface area contributed by atoms with Crippen LogP contribution in [-0.2, 0) is 21.3 Å². The summed E-state index contributed by atoms with van der Waals surface area (Å²) in [6.45, 7) is 2.62. The number of hydrogen-bond donors (Lipinski definition) is 1. The molecule has 2 heterocycles. The number of furan rings is 1. The normalized spacial score (nSPS) is 15.1. The molecule has 3 rings (SSSR count). The Morgan fingerprint density at radius 2 is 1.96 bits per heavy atom. The number of anilines is 1. The van der Waals surface area contributed by atoms with E-state index in [4.69, 9.17) is 9.15 Å². The Hall–Kier alpha value is -2.36. The van der Waals surface area contributed by atoms with Crippen molar-refractivity contribution in [2.75, 3.05) is 45.3 Å². The Morgan fingerprint density at radius 1 is 1.22 bits per heavy atom. The first kappa shape index (κ1) is 19.4. The van der Waals surface area contributed by atoms with Crippen LogP contribution in [0.3, 0.4) is 0 Å². The van der Waals surface area contributed by atoms with E-state index in [1.165, 1.54) is 32.5 Å². The molecule has 1 aromatic heterocycles. The second-order valence-corrected chi connectivity index (χ2v) is 8.48. The van der Waals surface area contributed by atoms with Crippen molar-refractivity contribution in [3.63, 3.8) is 0 Å². The fourth-order valence-corrected chi connectivity index (χ4v) is 3.75. The van der Waals surface area contributed by atoms with Gasteiger partial charge in [-0.15, -0.1) is 0 Å². The van der Waals surface area contributed by atoms with E-state index in [9.17, 15) is 13.2 Å². The van der Waals surface area contributed by atoms with Crippen LogP contribution in [0.25, 0.3) is 0 Å². The molecular weight excluding hydrogens is 370 g/mol. The third-order valence-electron chi connectivity index (χ3n) is 4.35. The minimum absolute atomic E-state index is 0.0765. The zero-order chi connectivity index (χ0) is 19.4. The standard InChI is InChI=1S/C18H23N3O5S/c1-20(2)27(23,24)15-5-6-17(21-7-10-25-11-8-21)16(12-15)18(22)19-13-14-4-3-9-26-14/h3-6,9,12H,7-8,10-11,13H2,1-2H3,(H,19,22). The van der Waals surface area contributed by atoms with E-state index in [0.29, 0.717) is 43.3 Å². The number of sulfonamides is 1. The van der Waals surface area contributed by atoms with Crippen LogP contribution in [0.15, 0.2) is 45.9 Å². The maximum atomic E-state index is 12.8. The van der Waals surface area contributed by atoms with E-state index >= 15 is 0 Å². The first-order valence-corrected chi connectivity index (χ1v) is 10.0. The molecule has 0 aliphatic carbocycles. The van der Waals surface area contributed by atoms with Crippen molar-refractivity contribution < 1.29 is 22.4 Å². The molecule has 1 aromatic carbocycles. The number of carbonyl (C=O) groups excluding carboxylic acids is 1. The van der Waals surface area contributed by atoms with E-state index < -0.39 is 10.0 Å². The first-order chi connectivity index (χ1) is 12.9. The summed E-state index contributed by atoms with van der Waals surface area (Å²) in [5, 5.41) is 2.79. The average molecular weight is 393 g/mol. The van der Waals surface area contributed by atoms with Crippen LogP contribution in [0.2, 0.25) is 0 Å². The third kappa shape index (κ3) is 4.32. The van der Waals surface area contributed by atoms with Crippen LogP contribution in [0.5, 0.6) is 0 Å². The van der Waals surface area contributed by atoms with Gasteiger partial charge < -0.3 is 19.4 Å². The molecule has 1 N–H and O–H groups in total. The summed E-state index contributed by atoms with van der Waals surface area (Å²) in [6.07, 6.45) is 1.53. The van der Waals surface area contributed by atoms with E-state index in [1.807, 2.05) is 4.90 Å². The van der Waals surface area contributed by atoms with Crippen LogP contribution < -0.4 is 10.2 Å². The molecular formula is C18H23N3O5S. The Labute approximate surface area is 158 Å². The molecule has 0 radical (unpaired) electrons. The largest absolute Gasteiger partial charge is 0.467 e. The number of ether oxygens (including phenoxy) is 1. The van der Waals surface area contributed by atoms with Crippen LogP contribution >= 0.6 is 0 Å². The Balaban J connectivity index is 1.94. The summed E-state index contributed by atoms with van der Waals surface area (Å²) < 4.78 is 36.7. The monoisotopic (exact) mass is 393 g/mol. The topological polar surface area (TPSA) is 92.1 Å². The zero-order valence-corrected chi connectivity index (χ0v) is 16.2. The van der Waals surface area contributed by atoms with Crippen molar-refractivity contribution in [3.8, 4) is 0 Å². The van der Waals surface area contributed by atoms with Gasteiger partial charge in [-0.3, -0.25) is 4.79 Å². The van der Waals surface area contributed by atoms with Gasteiger partial charge in [0, 0.05) is 32.9 Å². The summed E-state index contributed by atoms with van der Waals surface area (Å²) in [7, 11) is -0.727. The van der Waals surface area contributed by atoms with Gasteiger partial charge in [0.25, 0.3) is 5.91 Å². The number of morpholine rings is 1. The lowest BCUT2D eigenvalue weighted by atomic mass is 10.1. The van der Waals surface area contributed by atoms with Gasteiger partial charge in [-0.1, -0.05) is 0 Å². The lowest BCUT2D eigenvalue weighted by Crippen LogP contribution is -2.38. The van der Waals surface area contributed by atoms with E-state index in [0.717, 1.165) is 4.31 Å². The summed E-state index contributed by atoms with van der Waals surface area (Å²) in [6, 6.07) is 8.14. The maximum Gasteiger partial charge on any atom is 0.253 e. The lowest BCUT2D eigenvalue weighted by Gasteiger charge is -2.30. The SMILES string of the molecule is CN(C)S(=O)(=O)c1ccc(N2CCOCC2)c(C(=O)NCc2ccco2)c1. The van der Waals surface area contributed by atoms with Gasteiger partial charge in [-0.25, -0.2) is 12.7 Å². The van der Waals surface area contributed by atoms with Crippen molar-refractivity contribution in [2.24, 2.45) is 0 Å². The molecule has 0 saturated carbocycles. The van der Waals surface area contributed by atoms with Gasteiger partial charge in [-0.05, 0) is 30.3 Å². The van der Waals surface area contributed by atoms with Gasteiger partial charge in [0.1, 0.15) is 5.76 Å². The van der Waals surface area contributed by atoms with Crippen LogP contribution in [0.4, 0.5) is 5.69 Å². The molecule has 1 aliphatic heterocycles. The molecule has 1 amide bonds. The highest BCUT2D eigenvalue weighted by Gasteiger charge is 2.24. The van der Waals surface area contributed by atoms with Gasteiger partial charge in [0.05, 0.1) is 36.5 Å². The number of amides is 1. The lowest BCUT2D eigenvalue weighted by molar-refractivity contribution is 0.0946. The van der Waals surface area contributed by atoms with Gasteiger partial charge in [-0.2, -0.15) is 0 Å². The molecule has 2 aromatic rings. The van der Waals surface area contributed by atoms with Crippen LogP contribution in [-0.4, -0.2) is 59.0 Å². The Kier molecular flexibility index (Phi) is 5.83. The highest BCUT2D eigenvalue weighted by Crippen LogP contribution is 2.26. The van der Waals surface area contributed by atoms with Gasteiger partial charge in [0.2, 0.25) is 10.0 Å². The molecule has 9 heteroatoms. The minimum atomic E-state index is -3.65. The van der Waals surface area contributed by atoms with Crippen LogP contribution in [0, 0.1) is 0 Å².